The molecule has 0 saturated heterocycles. The average molecular weight is 453 g/mol. The zero-order valence-corrected chi connectivity index (χ0v) is 18.1. The second kappa shape index (κ2) is 9.08. The van der Waals surface area contributed by atoms with Crippen molar-refractivity contribution in [2.45, 2.75) is 29.9 Å². The van der Waals surface area contributed by atoms with E-state index < -0.39 is 10.0 Å². The molecule has 8 nitrogen and oxygen atoms in total. The number of amides is 1. The van der Waals surface area contributed by atoms with Gasteiger partial charge in [-0.2, -0.15) is 0 Å². The molecular formula is C18H20N4O4S3. The number of fused-ring (bicyclic) bond motifs is 1. The van der Waals surface area contributed by atoms with Gasteiger partial charge in [0.15, 0.2) is 5.16 Å². The molecule has 0 fully saturated rings. The Morgan fingerprint density at radius 1 is 1.28 bits per heavy atom. The van der Waals surface area contributed by atoms with Gasteiger partial charge in [0.1, 0.15) is 4.70 Å². The fraction of sp³-hybridized carbons (Fsp3) is 0.278. The fourth-order valence-electron chi connectivity index (χ4n) is 2.69. The summed E-state index contributed by atoms with van der Waals surface area (Å²) in [5.74, 6) is -0.0228. The molecule has 3 N–H and O–H groups in total. The van der Waals surface area contributed by atoms with Crippen molar-refractivity contribution in [3.8, 4) is 0 Å². The lowest BCUT2D eigenvalue weighted by molar-refractivity contribution is -0.118. The van der Waals surface area contributed by atoms with Crippen LogP contribution in [0.3, 0.4) is 0 Å². The van der Waals surface area contributed by atoms with Crippen molar-refractivity contribution in [1.29, 1.82) is 0 Å². The second-order valence-corrected chi connectivity index (χ2v) is 9.58. The maximum Gasteiger partial charge on any atom is 0.272 e. The highest BCUT2D eigenvalue weighted by Crippen LogP contribution is 2.20. The maximum absolute atomic E-state index is 12.5. The molecule has 3 rings (SSSR count). The van der Waals surface area contributed by atoms with Crippen molar-refractivity contribution in [2.24, 2.45) is 5.14 Å². The zero-order valence-electron chi connectivity index (χ0n) is 15.6. The van der Waals surface area contributed by atoms with Gasteiger partial charge in [0.25, 0.3) is 5.56 Å². The number of nitrogens with two attached hydrogens (primary N) is 1. The predicted octanol–water partition coefficient (Wildman–Crippen LogP) is 1.58. The van der Waals surface area contributed by atoms with Gasteiger partial charge in [-0.25, -0.2) is 18.5 Å². The van der Waals surface area contributed by atoms with Crippen LogP contribution in [-0.2, 0) is 27.8 Å². The van der Waals surface area contributed by atoms with E-state index in [1.165, 1.54) is 35.2 Å². The van der Waals surface area contributed by atoms with Crippen LogP contribution < -0.4 is 16.0 Å². The predicted molar refractivity (Wildman–Crippen MR) is 115 cm³/mol. The van der Waals surface area contributed by atoms with E-state index in [-0.39, 0.29) is 22.1 Å². The number of aromatic nitrogens is 2. The first-order valence-electron chi connectivity index (χ1n) is 8.79. The van der Waals surface area contributed by atoms with Gasteiger partial charge in [-0.05, 0) is 42.5 Å². The van der Waals surface area contributed by atoms with E-state index in [0.717, 1.165) is 5.56 Å². The van der Waals surface area contributed by atoms with Gasteiger partial charge >= 0.3 is 0 Å². The summed E-state index contributed by atoms with van der Waals surface area (Å²) in [7, 11) is -3.71. The molecule has 2 aromatic heterocycles. The fourth-order valence-corrected chi connectivity index (χ4v) is 4.87. The van der Waals surface area contributed by atoms with Crippen LogP contribution >= 0.6 is 23.1 Å². The number of benzene rings is 1. The molecule has 0 aliphatic rings. The van der Waals surface area contributed by atoms with E-state index in [0.29, 0.717) is 34.9 Å². The van der Waals surface area contributed by atoms with Gasteiger partial charge in [0.2, 0.25) is 15.9 Å². The zero-order chi connectivity index (χ0) is 21.0. The molecule has 0 radical (unpaired) electrons. The molecule has 2 heterocycles. The lowest BCUT2D eigenvalue weighted by atomic mass is 10.1. The van der Waals surface area contributed by atoms with Gasteiger partial charge in [0.05, 0.1) is 16.2 Å². The molecule has 0 aliphatic heterocycles. The third-order valence-electron chi connectivity index (χ3n) is 4.17. The number of thiophene rings is 1. The summed E-state index contributed by atoms with van der Waals surface area (Å²) in [6.45, 7) is 2.76. The summed E-state index contributed by atoms with van der Waals surface area (Å²) in [6.07, 6.45) is 0.556. The highest BCUT2D eigenvalue weighted by atomic mass is 32.2. The summed E-state index contributed by atoms with van der Waals surface area (Å²) >= 11 is 2.59. The molecule has 0 aliphatic carbocycles. The SMILES string of the molecule is CCn1c(SCC(=O)NCCc2ccc(S(N)(=O)=O)cc2)nc2ccsc2c1=O. The largest absolute Gasteiger partial charge is 0.355 e. The number of primary sulfonamides is 1. The van der Waals surface area contributed by atoms with Crippen molar-refractivity contribution in [1.82, 2.24) is 14.9 Å². The van der Waals surface area contributed by atoms with Crippen LogP contribution in [0.25, 0.3) is 10.2 Å². The van der Waals surface area contributed by atoms with Crippen LogP contribution in [0.4, 0.5) is 0 Å². The topological polar surface area (TPSA) is 124 Å². The standard InChI is InChI=1S/C18H20N4O4S3/c1-2-22-17(24)16-14(8-10-27-16)21-18(22)28-11-15(23)20-9-7-12-3-5-13(6-4-12)29(19,25)26/h3-6,8,10H,2,7,9,11H2,1H3,(H,20,23)(H2,19,25,26). The Hall–Kier alpha value is -2.21. The Morgan fingerprint density at radius 3 is 2.66 bits per heavy atom. The summed E-state index contributed by atoms with van der Waals surface area (Å²) in [5.41, 5.74) is 1.45. The van der Waals surface area contributed by atoms with Crippen molar-refractivity contribution in [2.75, 3.05) is 12.3 Å². The average Bonchev–Trinajstić information content (AvgIpc) is 3.15. The van der Waals surface area contributed by atoms with Gasteiger partial charge in [-0.3, -0.25) is 14.2 Å². The number of nitrogens with one attached hydrogen (secondary N) is 1. The Balaban J connectivity index is 1.54. The van der Waals surface area contributed by atoms with E-state index >= 15 is 0 Å². The molecule has 11 heteroatoms. The third-order valence-corrected chi connectivity index (χ3v) is 6.96. The number of sulfonamides is 1. The molecule has 0 saturated carbocycles. The summed E-state index contributed by atoms with van der Waals surface area (Å²) in [4.78, 5) is 29.2. The highest BCUT2D eigenvalue weighted by Gasteiger charge is 2.13. The number of rotatable bonds is 8. The minimum absolute atomic E-state index is 0.0544. The van der Waals surface area contributed by atoms with Crippen molar-refractivity contribution >= 4 is 49.2 Å². The monoisotopic (exact) mass is 452 g/mol. The van der Waals surface area contributed by atoms with Crippen LogP contribution in [0.15, 0.2) is 50.6 Å². The maximum atomic E-state index is 12.5. The molecular weight excluding hydrogens is 432 g/mol. The van der Waals surface area contributed by atoms with E-state index in [4.69, 9.17) is 5.14 Å². The molecule has 1 amide bonds. The molecule has 29 heavy (non-hydrogen) atoms. The first kappa shape index (κ1) is 21.5. The molecule has 0 spiro atoms. The van der Waals surface area contributed by atoms with E-state index in [1.807, 2.05) is 12.3 Å². The van der Waals surface area contributed by atoms with Gasteiger partial charge < -0.3 is 5.32 Å². The number of thioether (sulfide) groups is 1. The quantitative estimate of drug-likeness (QED) is 0.395. The van der Waals surface area contributed by atoms with Crippen LogP contribution in [0, 0.1) is 0 Å². The number of carbonyl (C=O) groups excluding carboxylic acids is 1. The normalized spacial score (nSPS) is 11.7. The molecule has 3 aromatic rings. The van der Waals surface area contributed by atoms with Crippen LogP contribution in [0.5, 0.6) is 0 Å². The van der Waals surface area contributed by atoms with E-state index in [1.54, 1.807) is 22.8 Å². The smallest absolute Gasteiger partial charge is 0.272 e. The Labute approximate surface area is 176 Å². The van der Waals surface area contributed by atoms with Crippen LogP contribution in [0.1, 0.15) is 12.5 Å². The van der Waals surface area contributed by atoms with E-state index in [9.17, 15) is 18.0 Å². The van der Waals surface area contributed by atoms with Crippen molar-refractivity contribution in [3.05, 3.63) is 51.6 Å². The Morgan fingerprint density at radius 2 is 2.00 bits per heavy atom. The molecule has 0 bridgehead atoms. The van der Waals surface area contributed by atoms with E-state index in [2.05, 4.69) is 10.3 Å². The first-order chi connectivity index (χ1) is 13.8. The molecule has 0 atom stereocenters. The number of nitrogens with zero attached hydrogens (tertiary/aromatic N) is 2. The Kier molecular flexibility index (Phi) is 6.73. The van der Waals surface area contributed by atoms with Crippen LogP contribution in [0.2, 0.25) is 0 Å². The first-order valence-corrected chi connectivity index (χ1v) is 12.2. The molecule has 154 valence electrons. The van der Waals surface area contributed by atoms with Crippen LogP contribution in [-0.4, -0.2) is 36.2 Å². The summed E-state index contributed by atoms with van der Waals surface area (Å²) in [6, 6.07) is 8.02. The minimum Gasteiger partial charge on any atom is -0.355 e. The van der Waals surface area contributed by atoms with Gasteiger partial charge in [-0.15, -0.1) is 11.3 Å². The minimum atomic E-state index is -3.71. The molecule has 0 unspecified atom stereocenters. The number of hydrogen-bond donors (Lipinski definition) is 2. The van der Waals surface area contributed by atoms with Crippen molar-refractivity contribution in [3.63, 3.8) is 0 Å². The van der Waals surface area contributed by atoms with Gasteiger partial charge in [0, 0.05) is 13.1 Å². The van der Waals surface area contributed by atoms with Crippen molar-refractivity contribution < 1.29 is 13.2 Å². The lowest BCUT2D eigenvalue weighted by Crippen LogP contribution is -2.28. The Bertz CT molecular complexity index is 1180. The number of hydrogen-bond acceptors (Lipinski definition) is 7. The summed E-state index contributed by atoms with van der Waals surface area (Å²) in [5, 5.41) is 10.2. The van der Waals surface area contributed by atoms with Gasteiger partial charge in [-0.1, -0.05) is 23.9 Å². The third kappa shape index (κ3) is 5.24. The second-order valence-electron chi connectivity index (χ2n) is 6.16. The number of carbonyl (C=O) groups is 1. The molecule has 1 aromatic carbocycles. The highest BCUT2D eigenvalue weighted by molar-refractivity contribution is 7.99. The summed E-state index contributed by atoms with van der Waals surface area (Å²) < 4.78 is 24.7. The lowest BCUT2D eigenvalue weighted by Gasteiger charge is -2.10.